The van der Waals surface area contributed by atoms with Crippen LogP contribution in [0.15, 0.2) is 12.1 Å². The first-order valence-corrected chi connectivity index (χ1v) is 5.74. The van der Waals surface area contributed by atoms with Gasteiger partial charge in [-0.25, -0.2) is 0 Å². The molecular weight excluding hydrogens is 256 g/mol. The molecule has 1 aromatic carbocycles. The lowest BCUT2D eigenvalue weighted by Gasteiger charge is -2.24. The quantitative estimate of drug-likeness (QED) is 0.808. The molecule has 0 aromatic heterocycles. The molecule has 18 heavy (non-hydrogen) atoms. The van der Waals surface area contributed by atoms with Crippen LogP contribution >= 0.6 is 12.4 Å². The number of nitrogens with two attached hydrogens (primary N) is 1. The van der Waals surface area contributed by atoms with Gasteiger partial charge in [-0.1, -0.05) is 6.42 Å². The highest BCUT2D eigenvalue weighted by molar-refractivity contribution is 5.96. The van der Waals surface area contributed by atoms with Gasteiger partial charge in [0, 0.05) is 18.1 Å². The molecule has 1 aromatic rings. The Labute approximate surface area is 111 Å². The molecule has 0 radical (unpaired) electrons. The summed E-state index contributed by atoms with van der Waals surface area (Å²) in [6.07, 6.45) is 3.07. The van der Waals surface area contributed by atoms with Crippen LogP contribution in [0.2, 0.25) is 0 Å². The summed E-state index contributed by atoms with van der Waals surface area (Å²) in [5.41, 5.74) is 6.96. The van der Waals surface area contributed by atoms with Crippen LogP contribution in [-0.4, -0.2) is 12.7 Å². The Kier molecular flexibility index (Phi) is 3.52. The second-order valence-electron chi connectivity index (χ2n) is 4.41. The molecule has 98 valence electrons. The van der Waals surface area contributed by atoms with Crippen molar-refractivity contribution >= 4 is 29.7 Å². The monoisotopic (exact) mass is 270 g/mol. The average molecular weight is 271 g/mol. The van der Waals surface area contributed by atoms with E-state index in [4.69, 9.17) is 15.2 Å². The van der Waals surface area contributed by atoms with Gasteiger partial charge in [-0.05, 0) is 12.8 Å². The fourth-order valence-corrected chi connectivity index (χ4v) is 1.97. The lowest BCUT2D eigenvalue weighted by molar-refractivity contribution is -0.122. The normalized spacial score (nSPS) is 16.7. The van der Waals surface area contributed by atoms with Gasteiger partial charge >= 0.3 is 0 Å². The molecule has 1 aliphatic carbocycles. The second-order valence-corrected chi connectivity index (χ2v) is 4.41. The van der Waals surface area contributed by atoms with Crippen molar-refractivity contribution in [1.29, 1.82) is 0 Å². The third-order valence-corrected chi connectivity index (χ3v) is 3.28. The van der Waals surface area contributed by atoms with Crippen molar-refractivity contribution < 1.29 is 14.3 Å². The second kappa shape index (κ2) is 4.94. The zero-order chi connectivity index (χ0) is 11.8. The zero-order valence-corrected chi connectivity index (χ0v) is 10.6. The Hall–Kier alpha value is -1.62. The Morgan fingerprint density at radius 2 is 1.94 bits per heavy atom. The van der Waals surface area contributed by atoms with E-state index >= 15 is 0 Å². The molecule has 2 aliphatic rings. The molecule has 1 fully saturated rings. The van der Waals surface area contributed by atoms with Crippen LogP contribution < -0.4 is 20.5 Å². The predicted octanol–water partition coefficient (Wildman–Crippen LogP) is 2.16. The molecule has 1 heterocycles. The van der Waals surface area contributed by atoms with E-state index in [1.54, 1.807) is 12.1 Å². The summed E-state index contributed by atoms with van der Waals surface area (Å²) in [4.78, 5) is 11.8. The summed E-state index contributed by atoms with van der Waals surface area (Å²) in [5, 5.41) is 2.84. The van der Waals surface area contributed by atoms with Crippen LogP contribution in [0.1, 0.15) is 19.3 Å². The van der Waals surface area contributed by atoms with Gasteiger partial charge < -0.3 is 20.5 Å². The molecule has 0 unspecified atom stereocenters. The van der Waals surface area contributed by atoms with E-state index in [9.17, 15) is 4.79 Å². The Morgan fingerprint density at radius 3 is 2.56 bits per heavy atom. The minimum Gasteiger partial charge on any atom is -0.454 e. The standard InChI is InChI=1S/C12H14N2O3.ClH/c13-8-4-10-11(17-6-16-10)5-9(8)14-12(15)7-2-1-3-7;/h4-5,7H,1-3,6,13H2,(H,14,15);1H. The van der Waals surface area contributed by atoms with Crippen molar-refractivity contribution in [3.05, 3.63) is 12.1 Å². The SMILES string of the molecule is Cl.Nc1cc2c(cc1NC(=O)C1CCC1)OCO2. The van der Waals surface area contributed by atoms with Gasteiger partial charge in [-0.15, -0.1) is 12.4 Å². The molecule has 3 N–H and O–H groups in total. The van der Waals surface area contributed by atoms with Gasteiger partial charge in [-0.3, -0.25) is 4.79 Å². The number of rotatable bonds is 2. The van der Waals surface area contributed by atoms with Crippen LogP contribution in [0, 0.1) is 5.92 Å². The number of anilines is 2. The Morgan fingerprint density at radius 1 is 1.28 bits per heavy atom. The van der Waals surface area contributed by atoms with E-state index < -0.39 is 0 Å². The first-order chi connectivity index (χ1) is 8.24. The zero-order valence-electron chi connectivity index (χ0n) is 9.77. The number of nitrogens with one attached hydrogen (secondary N) is 1. The Bertz CT molecular complexity index is 475. The topological polar surface area (TPSA) is 73.6 Å². The molecule has 6 heteroatoms. The fraction of sp³-hybridized carbons (Fsp3) is 0.417. The molecule has 0 spiro atoms. The van der Waals surface area contributed by atoms with Gasteiger partial charge in [-0.2, -0.15) is 0 Å². The number of ether oxygens (including phenoxy) is 2. The maximum absolute atomic E-state index is 11.8. The first-order valence-electron chi connectivity index (χ1n) is 5.74. The molecule has 0 bridgehead atoms. The van der Waals surface area contributed by atoms with Crippen LogP contribution in [0.4, 0.5) is 11.4 Å². The molecule has 1 aliphatic heterocycles. The van der Waals surface area contributed by atoms with Crippen LogP contribution in [0.5, 0.6) is 11.5 Å². The summed E-state index contributed by atoms with van der Waals surface area (Å²) in [6, 6.07) is 3.40. The maximum Gasteiger partial charge on any atom is 0.231 e. The van der Waals surface area contributed by atoms with E-state index in [2.05, 4.69) is 5.32 Å². The van der Waals surface area contributed by atoms with E-state index in [1.807, 2.05) is 0 Å². The van der Waals surface area contributed by atoms with E-state index in [0.29, 0.717) is 22.9 Å². The number of hydrogen-bond donors (Lipinski definition) is 2. The van der Waals surface area contributed by atoms with E-state index in [1.165, 1.54) is 0 Å². The number of carbonyl (C=O) groups is 1. The highest BCUT2D eigenvalue weighted by atomic mass is 35.5. The summed E-state index contributed by atoms with van der Waals surface area (Å²) in [7, 11) is 0. The number of carbonyl (C=O) groups excluding carboxylic acids is 1. The van der Waals surface area contributed by atoms with Crippen LogP contribution in [-0.2, 0) is 4.79 Å². The Balaban J connectivity index is 0.00000120. The molecule has 0 saturated heterocycles. The summed E-state index contributed by atoms with van der Waals surface area (Å²) >= 11 is 0. The van der Waals surface area contributed by atoms with Gasteiger partial charge in [0.15, 0.2) is 11.5 Å². The van der Waals surface area contributed by atoms with Crippen molar-refractivity contribution in [1.82, 2.24) is 0 Å². The van der Waals surface area contributed by atoms with Crippen molar-refractivity contribution in [2.45, 2.75) is 19.3 Å². The average Bonchev–Trinajstić information content (AvgIpc) is 2.62. The van der Waals surface area contributed by atoms with Crippen LogP contribution in [0.25, 0.3) is 0 Å². The number of hydrogen-bond acceptors (Lipinski definition) is 4. The van der Waals surface area contributed by atoms with Gasteiger partial charge in [0.05, 0.1) is 11.4 Å². The van der Waals surface area contributed by atoms with Crippen molar-refractivity contribution in [2.24, 2.45) is 5.92 Å². The lowest BCUT2D eigenvalue weighted by Crippen LogP contribution is -2.28. The first kappa shape index (κ1) is 12.8. The molecular formula is C12H15ClN2O3. The minimum absolute atomic E-state index is 0. The molecule has 3 rings (SSSR count). The number of amides is 1. The van der Waals surface area contributed by atoms with Crippen LogP contribution in [0.3, 0.4) is 0 Å². The fourth-order valence-electron chi connectivity index (χ4n) is 1.97. The summed E-state index contributed by atoms with van der Waals surface area (Å²) < 4.78 is 10.5. The van der Waals surface area contributed by atoms with E-state index in [0.717, 1.165) is 19.3 Å². The van der Waals surface area contributed by atoms with Crippen molar-refractivity contribution in [2.75, 3.05) is 17.8 Å². The molecule has 5 nitrogen and oxygen atoms in total. The van der Waals surface area contributed by atoms with Gasteiger partial charge in [0.25, 0.3) is 0 Å². The summed E-state index contributed by atoms with van der Waals surface area (Å²) in [6.45, 7) is 0.203. The number of halogens is 1. The largest absolute Gasteiger partial charge is 0.454 e. The molecule has 1 saturated carbocycles. The third kappa shape index (κ3) is 2.18. The highest BCUT2D eigenvalue weighted by Crippen LogP contribution is 2.39. The number of benzene rings is 1. The predicted molar refractivity (Wildman–Crippen MR) is 70.2 cm³/mol. The molecule has 0 atom stereocenters. The van der Waals surface area contributed by atoms with Gasteiger partial charge in [0.1, 0.15) is 0 Å². The molecule has 1 amide bonds. The van der Waals surface area contributed by atoms with Crippen molar-refractivity contribution in [3.8, 4) is 11.5 Å². The van der Waals surface area contributed by atoms with Crippen molar-refractivity contribution in [3.63, 3.8) is 0 Å². The maximum atomic E-state index is 11.8. The number of fused-ring (bicyclic) bond motifs is 1. The summed E-state index contributed by atoms with van der Waals surface area (Å²) in [5.74, 6) is 1.44. The smallest absolute Gasteiger partial charge is 0.231 e. The van der Waals surface area contributed by atoms with E-state index in [-0.39, 0.29) is 31.0 Å². The number of nitrogen functional groups attached to an aromatic ring is 1. The third-order valence-electron chi connectivity index (χ3n) is 3.28. The lowest BCUT2D eigenvalue weighted by atomic mass is 9.85. The highest BCUT2D eigenvalue weighted by Gasteiger charge is 2.26. The minimum atomic E-state index is 0. The van der Waals surface area contributed by atoms with Gasteiger partial charge in [0.2, 0.25) is 12.7 Å².